The van der Waals surface area contributed by atoms with Crippen LogP contribution in [0, 0.1) is 0 Å². The SMILES string of the molecule is COc1ccc(CCC[n+]2ccc(/C=N/OCN3C(=O)c4ccccc4C3=O)cc2)cc1.[Br-]. The number of oxime groups is 1. The first kappa shape index (κ1) is 24.1. The Morgan fingerprint density at radius 3 is 2.18 bits per heavy atom. The van der Waals surface area contributed by atoms with Crippen molar-refractivity contribution in [3.8, 4) is 5.75 Å². The van der Waals surface area contributed by atoms with E-state index in [1.54, 1.807) is 37.6 Å². The molecule has 1 aromatic heterocycles. The lowest BCUT2D eigenvalue weighted by molar-refractivity contribution is -0.697. The minimum Gasteiger partial charge on any atom is -1.00 e. The van der Waals surface area contributed by atoms with Gasteiger partial charge in [-0.2, -0.15) is 0 Å². The lowest BCUT2D eigenvalue weighted by atomic mass is 10.1. The molecule has 1 aliphatic heterocycles. The van der Waals surface area contributed by atoms with Crippen molar-refractivity contribution in [1.29, 1.82) is 0 Å². The van der Waals surface area contributed by atoms with Crippen molar-refractivity contribution in [3.05, 3.63) is 95.3 Å². The monoisotopic (exact) mass is 509 g/mol. The molecule has 2 aromatic carbocycles. The van der Waals surface area contributed by atoms with Crippen LogP contribution in [-0.4, -0.2) is 36.8 Å². The van der Waals surface area contributed by atoms with Gasteiger partial charge < -0.3 is 26.6 Å². The Hall–Kier alpha value is -3.52. The molecule has 33 heavy (non-hydrogen) atoms. The number of aryl methyl sites for hydroxylation is 2. The van der Waals surface area contributed by atoms with Crippen LogP contribution in [0.25, 0.3) is 0 Å². The smallest absolute Gasteiger partial charge is 0.264 e. The quantitative estimate of drug-likeness (QED) is 0.179. The van der Waals surface area contributed by atoms with E-state index in [1.807, 2.05) is 36.7 Å². The van der Waals surface area contributed by atoms with Gasteiger partial charge in [-0.1, -0.05) is 29.4 Å². The fraction of sp³-hybridized carbons (Fsp3) is 0.200. The third-order valence-electron chi connectivity index (χ3n) is 5.30. The average molecular weight is 510 g/mol. The van der Waals surface area contributed by atoms with E-state index in [1.165, 1.54) is 5.56 Å². The van der Waals surface area contributed by atoms with E-state index < -0.39 is 0 Å². The van der Waals surface area contributed by atoms with Crippen LogP contribution < -0.4 is 26.3 Å². The van der Waals surface area contributed by atoms with E-state index in [0.29, 0.717) is 11.1 Å². The number of carbonyl (C=O) groups excluding carboxylic acids is 2. The molecule has 1 aliphatic rings. The van der Waals surface area contributed by atoms with Crippen molar-refractivity contribution in [3.63, 3.8) is 0 Å². The summed E-state index contributed by atoms with van der Waals surface area (Å²) in [5.74, 6) is 0.139. The minimum absolute atomic E-state index is 0. The van der Waals surface area contributed by atoms with E-state index in [2.05, 4.69) is 21.9 Å². The lowest BCUT2D eigenvalue weighted by Gasteiger charge is -2.11. The topological polar surface area (TPSA) is 72.1 Å². The molecule has 170 valence electrons. The minimum atomic E-state index is -0.365. The number of ether oxygens (including phenoxy) is 1. The van der Waals surface area contributed by atoms with Gasteiger partial charge in [0.25, 0.3) is 11.8 Å². The van der Waals surface area contributed by atoms with Crippen LogP contribution in [0.1, 0.15) is 38.3 Å². The van der Waals surface area contributed by atoms with E-state index in [4.69, 9.17) is 9.57 Å². The number of amides is 2. The van der Waals surface area contributed by atoms with Gasteiger partial charge in [-0.05, 0) is 36.2 Å². The summed E-state index contributed by atoms with van der Waals surface area (Å²) in [5.41, 5.74) is 2.93. The van der Waals surface area contributed by atoms with E-state index >= 15 is 0 Å². The second kappa shape index (κ2) is 11.4. The van der Waals surface area contributed by atoms with Gasteiger partial charge in [0.1, 0.15) is 12.3 Å². The molecule has 4 rings (SSSR count). The summed E-state index contributed by atoms with van der Waals surface area (Å²) in [4.78, 5) is 30.8. The number of aromatic nitrogens is 1. The molecule has 0 spiro atoms. The molecule has 0 fully saturated rings. The number of benzene rings is 2. The van der Waals surface area contributed by atoms with Gasteiger partial charge in [-0.15, -0.1) is 0 Å². The van der Waals surface area contributed by atoms with Crippen LogP contribution >= 0.6 is 0 Å². The maximum Gasteiger partial charge on any atom is 0.264 e. The van der Waals surface area contributed by atoms with Crippen LogP contribution in [0.5, 0.6) is 5.75 Å². The number of nitrogens with zero attached hydrogens (tertiary/aromatic N) is 3. The first-order valence-corrected chi connectivity index (χ1v) is 10.4. The number of methoxy groups -OCH3 is 1. The van der Waals surface area contributed by atoms with Crippen molar-refractivity contribution in [2.45, 2.75) is 19.4 Å². The summed E-state index contributed by atoms with van der Waals surface area (Å²) in [7, 11) is 1.67. The number of pyridine rings is 1. The first-order chi connectivity index (χ1) is 15.7. The average Bonchev–Trinajstić information content (AvgIpc) is 3.08. The lowest BCUT2D eigenvalue weighted by Crippen LogP contribution is -3.00. The summed E-state index contributed by atoms with van der Waals surface area (Å²) in [5, 5.41) is 3.89. The van der Waals surface area contributed by atoms with E-state index in [9.17, 15) is 9.59 Å². The molecule has 7 nitrogen and oxygen atoms in total. The van der Waals surface area contributed by atoms with Crippen molar-refractivity contribution in [2.24, 2.45) is 5.16 Å². The van der Waals surface area contributed by atoms with E-state index in [-0.39, 0.29) is 35.5 Å². The van der Waals surface area contributed by atoms with Gasteiger partial charge >= 0.3 is 0 Å². The summed E-state index contributed by atoms with van der Waals surface area (Å²) >= 11 is 0. The highest BCUT2D eigenvalue weighted by Gasteiger charge is 2.35. The maximum atomic E-state index is 12.3. The second-order valence-corrected chi connectivity index (χ2v) is 7.40. The van der Waals surface area contributed by atoms with Crippen LogP contribution in [0.2, 0.25) is 0 Å². The van der Waals surface area contributed by atoms with Gasteiger partial charge in [-0.3, -0.25) is 9.59 Å². The highest BCUT2D eigenvalue weighted by Crippen LogP contribution is 2.22. The fourth-order valence-electron chi connectivity index (χ4n) is 3.51. The van der Waals surface area contributed by atoms with Crippen LogP contribution in [-0.2, 0) is 17.8 Å². The maximum absolute atomic E-state index is 12.3. The number of rotatable bonds is 9. The number of fused-ring (bicyclic) bond motifs is 1. The Morgan fingerprint density at radius 2 is 1.58 bits per heavy atom. The second-order valence-electron chi connectivity index (χ2n) is 7.40. The predicted molar refractivity (Wildman–Crippen MR) is 118 cm³/mol. The van der Waals surface area contributed by atoms with Crippen LogP contribution in [0.15, 0.2) is 78.2 Å². The predicted octanol–water partition coefficient (Wildman–Crippen LogP) is 0.224. The number of hydrogen-bond acceptors (Lipinski definition) is 5. The highest BCUT2D eigenvalue weighted by atomic mass is 79.9. The normalized spacial score (nSPS) is 12.6. The molecule has 0 radical (unpaired) electrons. The largest absolute Gasteiger partial charge is 1.00 e. The molecule has 0 atom stereocenters. The Bertz CT molecular complexity index is 1100. The number of carbonyl (C=O) groups is 2. The van der Waals surface area contributed by atoms with E-state index in [0.717, 1.165) is 35.6 Å². The molecule has 2 heterocycles. The number of halogens is 1. The summed E-state index contributed by atoms with van der Waals surface area (Å²) in [6.07, 6.45) is 7.54. The van der Waals surface area contributed by atoms with Crippen molar-refractivity contribution in [2.75, 3.05) is 13.8 Å². The Balaban J connectivity index is 0.00000306. The third-order valence-corrected chi connectivity index (χ3v) is 5.30. The van der Waals surface area contributed by atoms with Gasteiger partial charge in [0.05, 0.1) is 24.5 Å². The zero-order valence-corrected chi connectivity index (χ0v) is 19.8. The molecular formula is C25H24BrN3O4. The van der Waals surface area contributed by atoms with Gasteiger partial charge in [0, 0.05) is 24.1 Å². The Kier molecular flexibility index (Phi) is 8.32. The van der Waals surface area contributed by atoms with Gasteiger partial charge in [-0.25, -0.2) is 9.47 Å². The number of hydrogen-bond donors (Lipinski definition) is 0. The summed E-state index contributed by atoms with van der Waals surface area (Å²) in [6, 6.07) is 18.7. The van der Waals surface area contributed by atoms with Crippen LogP contribution in [0.3, 0.4) is 0 Å². The van der Waals surface area contributed by atoms with Crippen molar-refractivity contribution in [1.82, 2.24) is 4.90 Å². The van der Waals surface area contributed by atoms with Gasteiger partial charge in [0.2, 0.25) is 0 Å². The Labute approximate surface area is 203 Å². The fourth-order valence-corrected chi connectivity index (χ4v) is 3.51. The molecule has 0 N–H and O–H groups in total. The molecular weight excluding hydrogens is 486 g/mol. The Morgan fingerprint density at radius 1 is 0.939 bits per heavy atom. The highest BCUT2D eigenvalue weighted by molar-refractivity contribution is 6.21. The third kappa shape index (κ3) is 5.84. The molecule has 0 aliphatic carbocycles. The molecule has 2 amide bonds. The molecule has 8 heteroatoms. The summed E-state index contributed by atoms with van der Waals surface area (Å²) in [6.45, 7) is 0.681. The zero-order valence-electron chi connectivity index (χ0n) is 18.2. The molecule has 3 aromatic rings. The molecule has 0 bridgehead atoms. The molecule has 0 unspecified atom stereocenters. The standard InChI is InChI=1S/C25H24N3O4.BrH/c1-31-21-10-8-19(9-11-21)5-4-14-27-15-12-20(13-16-27)17-26-32-18-28-24(29)22-6-2-3-7-23(22)25(28)30;/h2-3,6-13,15-17H,4-5,14,18H2,1H3;1H/q+1;/p-1/b26-17+;. The number of imide groups is 1. The summed E-state index contributed by atoms with van der Waals surface area (Å²) < 4.78 is 7.29. The molecule has 0 saturated carbocycles. The van der Waals surface area contributed by atoms with Crippen molar-refractivity contribution < 1.29 is 40.7 Å². The zero-order chi connectivity index (χ0) is 22.3. The van der Waals surface area contributed by atoms with Crippen LogP contribution in [0.4, 0.5) is 0 Å². The molecule has 0 saturated heterocycles. The van der Waals surface area contributed by atoms with Crippen molar-refractivity contribution >= 4 is 18.0 Å². The van der Waals surface area contributed by atoms with Gasteiger partial charge in [0.15, 0.2) is 19.1 Å². The first-order valence-electron chi connectivity index (χ1n) is 10.4.